The highest BCUT2D eigenvalue weighted by atomic mass is 16.5. The van der Waals surface area contributed by atoms with Crippen LogP contribution in [0.4, 0.5) is 5.82 Å². The maximum Gasteiger partial charge on any atom is 0.310 e. The number of likely N-dealkylation sites (tertiary alicyclic amines) is 1. The molecule has 2 aliphatic heterocycles. The number of esters is 1. The molecule has 7 nitrogen and oxygen atoms in total. The number of rotatable bonds is 5. The number of ether oxygens (including phenoxy) is 1. The van der Waals surface area contributed by atoms with Gasteiger partial charge in [0.05, 0.1) is 19.6 Å². The van der Waals surface area contributed by atoms with Crippen LogP contribution in [0, 0.1) is 11.8 Å². The van der Waals surface area contributed by atoms with Crippen LogP contribution in [-0.4, -0.2) is 61.6 Å². The van der Waals surface area contributed by atoms with Crippen molar-refractivity contribution in [2.24, 2.45) is 16.8 Å². The molecule has 0 bridgehead atoms. The number of hydrogen-bond acceptors (Lipinski definition) is 5. The van der Waals surface area contributed by atoms with Crippen molar-refractivity contribution in [1.29, 1.82) is 0 Å². The summed E-state index contributed by atoms with van der Waals surface area (Å²) in [4.78, 5) is 25.8. The van der Waals surface area contributed by atoms with Gasteiger partial charge in [0.2, 0.25) is 0 Å². The number of methoxy groups -OCH3 is 1. The van der Waals surface area contributed by atoms with E-state index < -0.39 is 0 Å². The van der Waals surface area contributed by atoms with Gasteiger partial charge in [0.25, 0.3) is 0 Å². The van der Waals surface area contributed by atoms with Crippen LogP contribution in [0.15, 0.2) is 23.3 Å². The molecule has 148 valence electrons. The van der Waals surface area contributed by atoms with Gasteiger partial charge in [0.1, 0.15) is 5.82 Å². The molecule has 27 heavy (non-hydrogen) atoms. The molecule has 1 aromatic rings. The van der Waals surface area contributed by atoms with Gasteiger partial charge in [-0.05, 0) is 37.3 Å². The molecule has 2 atom stereocenters. The van der Waals surface area contributed by atoms with Crippen molar-refractivity contribution in [2.75, 3.05) is 44.7 Å². The summed E-state index contributed by atoms with van der Waals surface area (Å²) in [5.74, 6) is 1.92. The summed E-state index contributed by atoms with van der Waals surface area (Å²) in [5.41, 5.74) is 1.09. The molecule has 0 saturated carbocycles. The van der Waals surface area contributed by atoms with Gasteiger partial charge in [0.15, 0.2) is 5.96 Å². The molecular weight excluding hydrogens is 342 g/mol. The van der Waals surface area contributed by atoms with Gasteiger partial charge in [-0.25, -0.2) is 9.98 Å². The fourth-order valence-corrected chi connectivity index (χ4v) is 3.83. The normalized spacial score (nSPS) is 23.0. The molecule has 1 N–H and O–H groups in total. The Hall–Kier alpha value is -2.31. The van der Waals surface area contributed by atoms with Gasteiger partial charge in [0, 0.05) is 38.9 Å². The first-order valence-electron chi connectivity index (χ1n) is 9.93. The van der Waals surface area contributed by atoms with Crippen LogP contribution in [0.25, 0.3) is 0 Å². The first-order valence-corrected chi connectivity index (χ1v) is 9.93. The van der Waals surface area contributed by atoms with Crippen LogP contribution in [0.2, 0.25) is 0 Å². The van der Waals surface area contributed by atoms with Gasteiger partial charge >= 0.3 is 5.97 Å². The van der Waals surface area contributed by atoms with E-state index in [4.69, 9.17) is 9.73 Å². The fraction of sp³-hybridized carbons (Fsp3) is 0.650. The van der Waals surface area contributed by atoms with Crippen LogP contribution in [0.3, 0.4) is 0 Å². The summed E-state index contributed by atoms with van der Waals surface area (Å²) in [7, 11) is 1.45. The summed E-state index contributed by atoms with van der Waals surface area (Å²) in [5, 5.41) is 3.34. The van der Waals surface area contributed by atoms with Gasteiger partial charge in [-0.15, -0.1) is 0 Å². The van der Waals surface area contributed by atoms with E-state index in [9.17, 15) is 4.79 Å². The third-order valence-electron chi connectivity index (χ3n) is 5.40. The third kappa shape index (κ3) is 4.70. The second-order valence-corrected chi connectivity index (χ2v) is 7.40. The minimum atomic E-state index is -0.137. The first-order chi connectivity index (χ1) is 13.1. The van der Waals surface area contributed by atoms with Crippen molar-refractivity contribution >= 4 is 17.7 Å². The van der Waals surface area contributed by atoms with E-state index in [1.165, 1.54) is 20.0 Å². The minimum Gasteiger partial charge on any atom is -0.469 e. The lowest BCUT2D eigenvalue weighted by Crippen LogP contribution is -2.40. The molecule has 0 spiro atoms. The lowest BCUT2D eigenvalue weighted by molar-refractivity contribution is -0.145. The molecule has 2 unspecified atom stereocenters. The van der Waals surface area contributed by atoms with Crippen molar-refractivity contribution in [3.8, 4) is 0 Å². The van der Waals surface area contributed by atoms with Crippen molar-refractivity contribution in [3.05, 3.63) is 23.9 Å². The highest BCUT2D eigenvalue weighted by Gasteiger charge is 2.36. The van der Waals surface area contributed by atoms with Crippen molar-refractivity contribution < 1.29 is 9.53 Å². The summed E-state index contributed by atoms with van der Waals surface area (Å²) in [6, 6.07) is 4.20. The van der Waals surface area contributed by atoms with Gasteiger partial charge < -0.3 is 19.9 Å². The zero-order chi connectivity index (χ0) is 19.2. The standard InChI is InChI=1S/C20H31N5O2/c1-4-21-20(25-13-15(2)17(14-25)19(26)27-3)23-12-16-7-8-18(22-11-16)24-9-5-6-10-24/h7-8,11,15,17H,4-6,9-10,12-14H2,1-3H3,(H,21,23). The summed E-state index contributed by atoms with van der Waals surface area (Å²) >= 11 is 0. The lowest BCUT2D eigenvalue weighted by Gasteiger charge is -2.21. The van der Waals surface area contributed by atoms with Crippen molar-refractivity contribution in [3.63, 3.8) is 0 Å². The fourth-order valence-electron chi connectivity index (χ4n) is 3.83. The second kappa shape index (κ2) is 9.06. The molecule has 2 fully saturated rings. The SMILES string of the molecule is CCNC(=NCc1ccc(N2CCCC2)nc1)N1CC(C)C(C(=O)OC)C1. The number of aliphatic imine (C=N–C) groups is 1. The summed E-state index contributed by atoms with van der Waals surface area (Å²) < 4.78 is 4.94. The largest absolute Gasteiger partial charge is 0.469 e. The Morgan fingerprint density at radius 2 is 2.11 bits per heavy atom. The van der Waals surface area contributed by atoms with Crippen molar-refractivity contribution in [2.45, 2.75) is 33.2 Å². The summed E-state index contributed by atoms with van der Waals surface area (Å²) in [6.45, 7) is 9.16. The van der Waals surface area contributed by atoms with E-state index in [0.29, 0.717) is 13.1 Å². The first kappa shape index (κ1) is 19.5. The van der Waals surface area contributed by atoms with E-state index in [2.05, 4.69) is 46.1 Å². The molecular formula is C20H31N5O2. The van der Waals surface area contributed by atoms with Crippen LogP contribution in [0.1, 0.15) is 32.3 Å². The molecule has 0 radical (unpaired) electrons. The Morgan fingerprint density at radius 1 is 1.33 bits per heavy atom. The quantitative estimate of drug-likeness (QED) is 0.483. The molecule has 7 heteroatoms. The zero-order valence-corrected chi connectivity index (χ0v) is 16.6. The number of hydrogen-bond donors (Lipinski definition) is 1. The highest BCUT2D eigenvalue weighted by molar-refractivity contribution is 5.82. The average molecular weight is 374 g/mol. The van der Waals surface area contributed by atoms with E-state index in [1.807, 2.05) is 6.20 Å². The predicted molar refractivity (Wildman–Crippen MR) is 107 cm³/mol. The Balaban J connectivity index is 1.64. The molecule has 3 heterocycles. The Labute approximate surface area is 161 Å². The minimum absolute atomic E-state index is 0.0970. The molecule has 0 aromatic carbocycles. The number of carbonyl (C=O) groups is 1. The van der Waals surface area contributed by atoms with E-state index in [1.54, 1.807) is 0 Å². The average Bonchev–Trinajstić information content (AvgIpc) is 3.35. The third-order valence-corrected chi connectivity index (χ3v) is 5.40. The van der Waals surface area contributed by atoms with E-state index in [-0.39, 0.29) is 17.8 Å². The van der Waals surface area contributed by atoms with Crippen LogP contribution in [-0.2, 0) is 16.1 Å². The van der Waals surface area contributed by atoms with Crippen molar-refractivity contribution in [1.82, 2.24) is 15.2 Å². The highest BCUT2D eigenvalue weighted by Crippen LogP contribution is 2.24. The number of pyridine rings is 1. The second-order valence-electron chi connectivity index (χ2n) is 7.40. The number of nitrogens with zero attached hydrogens (tertiary/aromatic N) is 4. The van der Waals surface area contributed by atoms with Gasteiger partial charge in [-0.1, -0.05) is 13.0 Å². The van der Waals surface area contributed by atoms with Crippen LogP contribution in [0.5, 0.6) is 0 Å². The lowest BCUT2D eigenvalue weighted by atomic mass is 9.99. The maximum absolute atomic E-state index is 11.9. The number of aromatic nitrogens is 1. The van der Waals surface area contributed by atoms with Crippen LogP contribution >= 0.6 is 0 Å². The number of anilines is 1. The van der Waals surface area contributed by atoms with Gasteiger partial charge in [-0.3, -0.25) is 4.79 Å². The zero-order valence-electron chi connectivity index (χ0n) is 16.6. The monoisotopic (exact) mass is 373 g/mol. The molecule has 0 amide bonds. The Bertz CT molecular complexity index is 655. The van der Waals surface area contributed by atoms with Gasteiger partial charge in [-0.2, -0.15) is 0 Å². The molecule has 1 aromatic heterocycles. The summed E-state index contributed by atoms with van der Waals surface area (Å²) in [6.07, 6.45) is 4.42. The molecule has 0 aliphatic carbocycles. The topological polar surface area (TPSA) is 70.1 Å². The van der Waals surface area contributed by atoms with Crippen LogP contribution < -0.4 is 10.2 Å². The number of carbonyl (C=O) groups excluding carboxylic acids is 1. The molecule has 3 rings (SSSR count). The molecule has 2 aliphatic rings. The number of nitrogens with one attached hydrogen (secondary N) is 1. The molecule has 2 saturated heterocycles. The Kier molecular flexibility index (Phi) is 6.53. The maximum atomic E-state index is 11.9. The Morgan fingerprint density at radius 3 is 2.74 bits per heavy atom. The predicted octanol–water partition coefficient (Wildman–Crippen LogP) is 1.89. The number of guanidine groups is 1. The van der Waals surface area contributed by atoms with E-state index >= 15 is 0 Å². The van der Waals surface area contributed by atoms with E-state index in [0.717, 1.165) is 43.5 Å². The smallest absolute Gasteiger partial charge is 0.310 e.